The van der Waals surface area contributed by atoms with Crippen molar-refractivity contribution in [3.05, 3.63) is 65.2 Å². The highest BCUT2D eigenvalue weighted by molar-refractivity contribution is 7.99. The van der Waals surface area contributed by atoms with Gasteiger partial charge in [0.2, 0.25) is 11.9 Å². The summed E-state index contributed by atoms with van der Waals surface area (Å²) in [7, 11) is 0. The molecule has 33 heavy (non-hydrogen) atoms. The van der Waals surface area contributed by atoms with Gasteiger partial charge in [0.25, 0.3) is 0 Å². The molecule has 8 nitrogen and oxygen atoms in total. The molecular formula is C24H25N5O3S. The number of hydrogen-bond acceptors (Lipinski definition) is 7. The topological polar surface area (TPSA) is 89.3 Å². The zero-order valence-corrected chi connectivity index (χ0v) is 19.2. The van der Waals surface area contributed by atoms with E-state index in [4.69, 9.17) is 4.74 Å². The van der Waals surface area contributed by atoms with E-state index in [9.17, 15) is 9.59 Å². The van der Waals surface area contributed by atoms with E-state index in [0.29, 0.717) is 30.5 Å². The number of ketones is 1. The molecule has 1 saturated heterocycles. The molecule has 3 heterocycles. The molecule has 1 amide bonds. The molecular weight excluding hydrogens is 438 g/mol. The molecule has 0 bridgehead atoms. The molecule has 1 N–H and O–H groups in total. The lowest BCUT2D eigenvalue weighted by Gasteiger charge is -2.28. The number of morpholine rings is 1. The summed E-state index contributed by atoms with van der Waals surface area (Å²) in [6.07, 6.45) is 0. The van der Waals surface area contributed by atoms with Gasteiger partial charge in [0.05, 0.1) is 31.4 Å². The lowest BCUT2D eigenvalue weighted by Crippen LogP contribution is -2.38. The van der Waals surface area contributed by atoms with Gasteiger partial charge in [0.1, 0.15) is 0 Å². The lowest BCUT2D eigenvalue weighted by molar-refractivity contribution is -0.116. The predicted molar refractivity (Wildman–Crippen MR) is 127 cm³/mol. The number of thioether (sulfide) groups is 1. The number of nitrogens with zero attached hydrogens (tertiary/aromatic N) is 4. The Morgan fingerprint density at radius 3 is 2.73 bits per heavy atom. The molecule has 0 radical (unpaired) electrons. The fourth-order valence-electron chi connectivity index (χ4n) is 4.09. The van der Waals surface area contributed by atoms with Crippen LogP contribution in [0, 0.1) is 0 Å². The van der Waals surface area contributed by atoms with Gasteiger partial charge in [-0.25, -0.2) is 0 Å². The molecule has 3 aromatic rings. The SMILES string of the molecule is C[C@@H]1C(=O)Nc2ccc(C(=O)CSc3nnc(N4CCOCC4)n3Cc3ccccc3)cc21. The van der Waals surface area contributed by atoms with Crippen LogP contribution in [0.2, 0.25) is 0 Å². The van der Waals surface area contributed by atoms with Crippen molar-refractivity contribution in [2.24, 2.45) is 0 Å². The molecule has 0 spiro atoms. The van der Waals surface area contributed by atoms with E-state index in [-0.39, 0.29) is 23.4 Å². The summed E-state index contributed by atoms with van der Waals surface area (Å²) in [6.45, 7) is 5.32. The van der Waals surface area contributed by atoms with Gasteiger partial charge in [-0.3, -0.25) is 14.2 Å². The summed E-state index contributed by atoms with van der Waals surface area (Å²) < 4.78 is 7.56. The number of amides is 1. The lowest BCUT2D eigenvalue weighted by atomic mass is 9.99. The van der Waals surface area contributed by atoms with Crippen molar-refractivity contribution >= 4 is 35.1 Å². The highest BCUT2D eigenvalue weighted by Crippen LogP contribution is 2.33. The van der Waals surface area contributed by atoms with E-state index < -0.39 is 0 Å². The van der Waals surface area contributed by atoms with Crippen molar-refractivity contribution in [1.29, 1.82) is 0 Å². The zero-order valence-electron chi connectivity index (χ0n) is 18.4. The van der Waals surface area contributed by atoms with Gasteiger partial charge in [-0.2, -0.15) is 0 Å². The monoisotopic (exact) mass is 463 g/mol. The molecule has 1 aromatic heterocycles. The third-order valence-corrected chi connectivity index (χ3v) is 6.97. The van der Waals surface area contributed by atoms with E-state index in [1.54, 1.807) is 6.07 Å². The van der Waals surface area contributed by atoms with Gasteiger partial charge in [-0.15, -0.1) is 10.2 Å². The summed E-state index contributed by atoms with van der Waals surface area (Å²) in [6, 6.07) is 15.6. The van der Waals surface area contributed by atoms with Crippen LogP contribution in [0.1, 0.15) is 34.3 Å². The maximum Gasteiger partial charge on any atom is 0.231 e. The van der Waals surface area contributed by atoms with Gasteiger partial charge in [0.15, 0.2) is 10.9 Å². The quantitative estimate of drug-likeness (QED) is 0.425. The maximum atomic E-state index is 13.0. The number of carbonyl (C=O) groups is 2. The number of Topliss-reactive ketones (excluding diaryl/α,β-unsaturated/α-hetero) is 1. The number of fused-ring (bicyclic) bond motifs is 1. The highest BCUT2D eigenvalue weighted by atomic mass is 32.2. The number of nitrogens with one attached hydrogen (secondary N) is 1. The van der Waals surface area contributed by atoms with E-state index >= 15 is 0 Å². The molecule has 0 saturated carbocycles. The van der Waals surface area contributed by atoms with Crippen LogP contribution in [0.25, 0.3) is 0 Å². The van der Waals surface area contributed by atoms with Gasteiger partial charge >= 0.3 is 0 Å². The normalized spacial score (nSPS) is 17.7. The van der Waals surface area contributed by atoms with Crippen molar-refractivity contribution in [1.82, 2.24) is 14.8 Å². The number of aromatic nitrogens is 3. The Morgan fingerprint density at radius 1 is 1.15 bits per heavy atom. The number of hydrogen-bond donors (Lipinski definition) is 1. The zero-order chi connectivity index (χ0) is 22.8. The Labute approximate surface area is 196 Å². The van der Waals surface area contributed by atoms with Crippen LogP contribution in [0.15, 0.2) is 53.7 Å². The van der Waals surface area contributed by atoms with Crippen LogP contribution in [0.5, 0.6) is 0 Å². The first-order chi connectivity index (χ1) is 16.1. The van der Waals surface area contributed by atoms with Gasteiger partial charge in [0, 0.05) is 24.3 Å². The Kier molecular flexibility index (Phi) is 6.15. The molecule has 2 aliphatic rings. The van der Waals surface area contributed by atoms with E-state index in [1.807, 2.05) is 37.3 Å². The van der Waals surface area contributed by atoms with Crippen LogP contribution in [-0.2, 0) is 16.1 Å². The number of carbonyl (C=O) groups excluding carboxylic acids is 2. The van der Waals surface area contributed by atoms with Crippen LogP contribution in [-0.4, -0.2) is 58.5 Å². The van der Waals surface area contributed by atoms with Gasteiger partial charge < -0.3 is 15.0 Å². The van der Waals surface area contributed by atoms with Crippen LogP contribution < -0.4 is 10.2 Å². The van der Waals surface area contributed by atoms with Crippen molar-refractivity contribution in [2.75, 3.05) is 42.3 Å². The third kappa shape index (κ3) is 4.51. The smallest absolute Gasteiger partial charge is 0.231 e. The van der Waals surface area contributed by atoms with Crippen molar-refractivity contribution in [2.45, 2.75) is 24.5 Å². The Hall–Kier alpha value is -3.17. The average molecular weight is 464 g/mol. The molecule has 9 heteroatoms. The second-order valence-electron chi connectivity index (χ2n) is 8.18. The maximum absolute atomic E-state index is 13.0. The van der Waals surface area contributed by atoms with Crippen LogP contribution >= 0.6 is 11.8 Å². The molecule has 170 valence electrons. The molecule has 0 unspecified atom stereocenters. The fraction of sp³-hybridized carbons (Fsp3) is 0.333. The minimum atomic E-state index is -0.245. The van der Waals surface area contributed by atoms with Gasteiger partial charge in [-0.1, -0.05) is 42.1 Å². The van der Waals surface area contributed by atoms with E-state index in [2.05, 4.69) is 37.1 Å². The molecule has 2 aliphatic heterocycles. The third-order valence-electron chi connectivity index (χ3n) is 6.00. The average Bonchev–Trinajstić information content (AvgIpc) is 3.38. The van der Waals surface area contributed by atoms with Crippen molar-refractivity contribution in [3.8, 4) is 0 Å². The second-order valence-corrected chi connectivity index (χ2v) is 9.12. The summed E-state index contributed by atoms with van der Waals surface area (Å²) in [4.78, 5) is 27.1. The van der Waals surface area contributed by atoms with E-state index in [0.717, 1.165) is 35.9 Å². The molecule has 1 atom stereocenters. The Bertz CT molecular complexity index is 1170. The molecule has 1 fully saturated rings. The predicted octanol–water partition coefficient (Wildman–Crippen LogP) is 3.19. The number of benzene rings is 2. The highest BCUT2D eigenvalue weighted by Gasteiger charge is 2.27. The first-order valence-corrected chi connectivity index (χ1v) is 12.0. The summed E-state index contributed by atoms with van der Waals surface area (Å²) >= 11 is 1.39. The minimum Gasteiger partial charge on any atom is -0.378 e. The number of ether oxygens (including phenoxy) is 1. The first kappa shape index (κ1) is 21.7. The largest absolute Gasteiger partial charge is 0.378 e. The number of rotatable bonds is 7. The van der Waals surface area contributed by atoms with Crippen molar-refractivity contribution < 1.29 is 14.3 Å². The van der Waals surface area contributed by atoms with Crippen molar-refractivity contribution in [3.63, 3.8) is 0 Å². The van der Waals surface area contributed by atoms with E-state index in [1.165, 1.54) is 11.8 Å². The minimum absolute atomic E-state index is 0.00321. The summed E-state index contributed by atoms with van der Waals surface area (Å²) in [5.74, 6) is 0.758. The molecule has 2 aromatic carbocycles. The molecule has 0 aliphatic carbocycles. The van der Waals surface area contributed by atoms with Crippen LogP contribution in [0.4, 0.5) is 11.6 Å². The van der Waals surface area contributed by atoms with Crippen LogP contribution in [0.3, 0.4) is 0 Å². The fourth-order valence-corrected chi connectivity index (χ4v) is 4.92. The standard InChI is InChI=1S/C24H25N5O3S/c1-16-19-13-18(7-8-20(19)25-22(16)31)21(30)15-33-24-27-26-23(28-9-11-32-12-10-28)29(24)14-17-5-3-2-4-6-17/h2-8,13,16H,9-12,14-15H2,1H3,(H,25,31)/t16-/m0/s1. The summed E-state index contributed by atoms with van der Waals surface area (Å²) in [5.41, 5.74) is 3.41. The Balaban J connectivity index is 1.35. The Morgan fingerprint density at radius 2 is 1.94 bits per heavy atom. The molecule has 5 rings (SSSR count). The number of anilines is 2. The summed E-state index contributed by atoms with van der Waals surface area (Å²) in [5, 5.41) is 12.4. The van der Waals surface area contributed by atoms with Gasteiger partial charge in [-0.05, 0) is 36.2 Å². The first-order valence-electron chi connectivity index (χ1n) is 11.0. The second kappa shape index (κ2) is 9.36.